The Morgan fingerprint density at radius 3 is 1.99 bits per heavy atom. The number of likely N-dealkylation sites (tertiary alicyclic amines) is 1. The van der Waals surface area contributed by atoms with Crippen LogP contribution in [0.25, 0.3) is 22.4 Å². The predicted molar refractivity (Wildman–Crippen MR) is 294 cm³/mol. The van der Waals surface area contributed by atoms with Gasteiger partial charge in [0.2, 0.25) is 0 Å². The first-order valence-corrected chi connectivity index (χ1v) is 31.2. The molecule has 11 nitrogen and oxygen atoms in total. The lowest BCUT2D eigenvalue weighted by atomic mass is 9.99. The normalized spacial score (nSPS) is 15.9. The van der Waals surface area contributed by atoms with E-state index >= 15 is 4.39 Å². The van der Waals surface area contributed by atoms with Gasteiger partial charge < -0.3 is 24.6 Å². The molecule has 0 radical (unpaired) electrons. The fraction of sp³-hybridized carbons (Fsp3) is 0.382. The van der Waals surface area contributed by atoms with Gasteiger partial charge in [0.05, 0.1) is 26.9 Å². The Morgan fingerprint density at radius 2 is 1.39 bits per heavy atom. The van der Waals surface area contributed by atoms with E-state index in [2.05, 4.69) is 22.0 Å². The maximum Gasteiger partial charge on any atom is 0.501 e. The molecule has 5 aromatic carbocycles. The van der Waals surface area contributed by atoms with E-state index in [1.54, 1.807) is 43.3 Å². The van der Waals surface area contributed by atoms with Crippen molar-refractivity contribution in [2.75, 3.05) is 72.9 Å². The van der Waals surface area contributed by atoms with E-state index < -0.39 is 62.4 Å². The average molecular weight is 1130 g/mol. The zero-order chi connectivity index (χ0) is 54.0. The molecular formula is C55H62ClF4N5O6S4. The smallest absolute Gasteiger partial charge is 0.380 e. The van der Waals surface area contributed by atoms with Crippen LogP contribution in [-0.2, 0) is 35.3 Å². The summed E-state index contributed by atoms with van der Waals surface area (Å²) in [5.74, 6) is -0.120. The average Bonchev–Trinajstić information content (AvgIpc) is 3.69. The second-order valence-corrected chi connectivity index (χ2v) is 27.2. The summed E-state index contributed by atoms with van der Waals surface area (Å²) >= 11 is 7.74. The molecule has 2 saturated heterocycles. The number of piperidine rings is 1. The Kier molecular flexibility index (Phi) is 17.1. The second-order valence-electron chi connectivity index (χ2n) is 19.9. The van der Waals surface area contributed by atoms with Gasteiger partial charge in [-0.2, -0.15) is 13.2 Å². The number of alkyl halides is 3. The van der Waals surface area contributed by atoms with Crippen LogP contribution in [0.15, 0.2) is 135 Å². The van der Waals surface area contributed by atoms with Gasteiger partial charge in [0, 0.05) is 89.4 Å². The van der Waals surface area contributed by atoms with Gasteiger partial charge in [0.25, 0.3) is 9.84 Å². The molecule has 3 heterocycles. The standard InChI is InChI=1S/C55H62ClF4N5O6S4/c1-37(2)65-39(4)54(73(5,66)67)52(53(65)41-13-15-43(56)16-14-41)42-31-44(57)33-47(32-42)64-29-27-63(28-30-64)46-17-11-40(12-18-46)36-74(68,69)49-19-20-50(51(34-49)75(70,71)55(58,59)60)61-45(35-72-48-9-7-6-8-10-48)23-26-62-24-21-38(3)22-25-62/h6-20,31-34,37-38,45,61H,21-30,35-36H2,1-5H3/t45-/m1/s1. The van der Waals surface area contributed by atoms with Crippen molar-refractivity contribution >= 4 is 69.9 Å². The summed E-state index contributed by atoms with van der Waals surface area (Å²) in [5, 5.41) is 3.60. The highest BCUT2D eigenvalue weighted by atomic mass is 35.5. The Balaban J connectivity index is 0.986. The number of hydrogen-bond acceptors (Lipinski definition) is 11. The van der Waals surface area contributed by atoms with Crippen molar-refractivity contribution in [1.29, 1.82) is 0 Å². The van der Waals surface area contributed by atoms with E-state index in [-0.39, 0.29) is 16.6 Å². The number of nitrogens with zero attached hydrogens (tertiary/aromatic N) is 4. The molecule has 0 saturated carbocycles. The molecule has 0 bridgehead atoms. The van der Waals surface area contributed by atoms with Crippen molar-refractivity contribution in [3.05, 3.63) is 137 Å². The number of aromatic nitrogens is 1. The second kappa shape index (κ2) is 22.9. The molecular weight excluding hydrogens is 1070 g/mol. The quantitative estimate of drug-likeness (QED) is 0.0652. The largest absolute Gasteiger partial charge is 0.501 e. The van der Waals surface area contributed by atoms with Crippen LogP contribution in [0, 0.1) is 18.7 Å². The van der Waals surface area contributed by atoms with E-state index in [1.165, 1.54) is 23.9 Å². The van der Waals surface area contributed by atoms with Crippen molar-refractivity contribution in [3.63, 3.8) is 0 Å². The molecule has 1 N–H and O–H groups in total. The molecule has 8 rings (SSSR count). The molecule has 1 atom stereocenters. The molecule has 2 aliphatic heterocycles. The van der Waals surface area contributed by atoms with Gasteiger partial charge in [0.1, 0.15) is 10.7 Å². The summed E-state index contributed by atoms with van der Waals surface area (Å²) < 4.78 is 142. The van der Waals surface area contributed by atoms with Crippen molar-refractivity contribution < 1.29 is 42.8 Å². The molecule has 0 amide bonds. The Morgan fingerprint density at radius 1 is 0.760 bits per heavy atom. The third kappa shape index (κ3) is 13.0. The lowest BCUT2D eigenvalue weighted by molar-refractivity contribution is -0.0435. The summed E-state index contributed by atoms with van der Waals surface area (Å²) in [7, 11) is -14.2. The molecule has 402 valence electrons. The lowest BCUT2D eigenvalue weighted by Gasteiger charge is -2.37. The lowest BCUT2D eigenvalue weighted by Crippen LogP contribution is -2.46. The number of anilines is 3. The Labute approximate surface area is 448 Å². The molecule has 0 unspecified atom stereocenters. The minimum atomic E-state index is -6.00. The van der Waals surface area contributed by atoms with Gasteiger partial charge in [-0.3, -0.25) is 0 Å². The summed E-state index contributed by atoms with van der Waals surface area (Å²) in [6, 6.07) is 30.2. The third-order valence-electron chi connectivity index (χ3n) is 14.0. The summed E-state index contributed by atoms with van der Waals surface area (Å²) in [4.78, 5) is 5.76. The van der Waals surface area contributed by atoms with Crippen LogP contribution in [0.1, 0.15) is 57.3 Å². The van der Waals surface area contributed by atoms with Crippen molar-refractivity contribution in [2.24, 2.45) is 5.92 Å². The van der Waals surface area contributed by atoms with Crippen LogP contribution in [0.4, 0.5) is 34.6 Å². The number of nitrogens with one attached hydrogen (secondary N) is 1. The zero-order valence-electron chi connectivity index (χ0n) is 42.4. The van der Waals surface area contributed by atoms with Gasteiger partial charge in [-0.05, 0) is 149 Å². The van der Waals surface area contributed by atoms with E-state index in [4.69, 9.17) is 11.6 Å². The number of benzene rings is 5. The number of halogens is 5. The fourth-order valence-electron chi connectivity index (χ4n) is 10.1. The summed E-state index contributed by atoms with van der Waals surface area (Å²) in [5.41, 5.74) is -1.63. The molecule has 1 aromatic heterocycles. The summed E-state index contributed by atoms with van der Waals surface area (Å²) in [6.45, 7) is 12.2. The van der Waals surface area contributed by atoms with Crippen LogP contribution >= 0.6 is 23.4 Å². The van der Waals surface area contributed by atoms with E-state index in [9.17, 15) is 38.4 Å². The molecule has 2 fully saturated rings. The highest BCUT2D eigenvalue weighted by molar-refractivity contribution is 7.99. The van der Waals surface area contributed by atoms with E-state index in [0.717, 1.165) is 60.5 Å². The molecule has 2 aliphatic rings. The molecule has 0 spiro atoms. The maximum atomic E-state index is 15.8. The molecule has 6 aromatic rings. The number of piperazine rings is 1. The van der Waals surface area contributed by atoms with Crippen LogP contribution in [0.5, 0.6) is 0 Å². The van der Waals surface area contributed by atoms with Crippen LogP contribution < -0.4 is 15.1 Å². The molecule has 75 heavy (non-hydrogen) atoms. The number of rotatable bonds is 18. The van der Waals surface area contributed by atoms with Crippen LogP contribution in [0.2, 0.25) is 5.02 Å². The van der Waals surface area contributed by atoms with E-state index in [1.807, 2.05) is 71.8 Å². The van der Waals surface area contributed by atoms with Gasteiger partial charge in [-0.1, -0.05) is 61.0 Å². The first-order chi connectivity index (χ1) is 35.4. The number of thioether (sulfide) groups is 1. The number of sulfone groups is 3. The maximum absolute atomic E-state index is 15.8. The first-order valence-electron chi connectivity index (χ1n) is 24.8. The molecule has 20 heteroatoms. The highest BCUT2D eigenvalue weighted by Crippen LogP contribution is 2.45. The van der Waals surface area contributed by atoms with Crippen LogP contribution in [0.3, 0.4) is 0 Å². The van der Waals surface area contributed by atoms with Gasteiger partial charge in [-0.15, -0.1) is 11.8 Å². The van der Waals surface area contributed by atoms with Gasteiger partial charge in [0.15, 0.2) is 19.7 Å². The minimum absolute atomic E-state index is 0.120. The minimum Gasteiger partial charge on any atom is -0.380 e. The Bertz CT molecular complexity index is 3330. The SMILES string of the molecule is Cc1c(S(C)(=O)=O)c(-c2cc(F)cc(N3CCN(c4ccc(CS(=O)(=O)c5ccc(N[C@H](CCN6CCC(C)CC6)CSc6ccccc6)c(S(=O)(=O)C(F)(F)F)c5)cc4)CC3)c2)c(-c2ccc(Cl)cc2)n1C(C)C. The zero-order valence-corrected chi connectivity index (χ0v) is 46.5. The molecule has 0 aliphatic carbocycles. The third-order valence-corrected chi connectivity index (χ3v) is 19.9. The van der Waals surface area contributed by atoms with E-state index in [0.29, 0.717) is 95.7 Å². The van der Waals surface area contributed by atoms with Crippen LogP contribution in [-0.4, -0.2) is 104 Å². The monoisotopic (exact) mass is 1130 g/mol. The first kappa shape index (κ1) is 56.2. The van der Waals surface area contributed by atoms with Crippen molar-refractivity contribution in [2.45, 2.75) is 89.9 Å². The Hall–Kier alpha value is -5.05. The highest BCUT2D eigenvalue weighted by Gasteiger charge is 2.48. The van der Waals surface area contributed by atoms with Gasteiger partial charge >= 0.3 is 5.51 Å². The van der Waals surface area contributed by atoms with Crippen molar-refractivity contribution in [3.8, 4) is 22.4 Å². The van der Waals surface area contributed by atoms with Crippen molar-refractivity contribution in [1.82, 2.24) is 9.47 Å². The fourth-order valence-corrected chi connectivity index (χ4v) is 14.8. The topological polar surface area (TPSA) is 129 Å². The predicted octanol–water partition coefficient (Wildman–Crippen LogP) is 12.2. The summed E-state index contributed by atoms with van der Waals surface area (Å²) in [6.07, 6.45) is 3.74. The number of hydrogen-bond donors (Lipinski definition) is 1. The van der Waals surface area contributed by atoms with Gasteiger partial charge in [-0.25, -0.2) is 29.6 Å².